The number of carbonyl (C=O) groups is 3. The van der Waals surface area contributed by atoms with E-state index >= 15 is 0 Å². The molecule has 2 fully saturated rings. The molecular formula is C21H20BrN3O3. The molecule has 2 unspecified atom stereocenters. The van der Waals surface area contributed by atoms with Crippen LogP contribution in [0.15, 0.2) is 53.0 Å². The number of piperazine rings is 1. The van der Waals surface area contributed by atoms with E-state index in [2.05, 4.69) is 26.6 Å². The average molecular weight is 442 g/mol. The highest BCUT2D eigenvalue weighted by atomic mass is 79.9. The number of nitrogens with one attached hydrogen (secondary N) is 2. The van der Waals surface area contributed by atoms with Crippen molar-refractivity contribution in [2.45, 2.75) is 31.3 Å². The Labute approximate surface area is 171 Å². The Morgan fingerprint density at radius 3 is 2.71 bits per heavy atom. The summed E-state index contributed by atoms with van der Waals surface area (Å²) in [7, 11) is 0. The monoisotopic (exact) mass is 441 g/mol. The summed E-state index contributed by atoms with van der Waals surface area (Å²) < 4.78 is 0.961. The van der Waals surface area contributed by atoms with Gasteiger partial charge in [0, 0.05) is 22.3 Å². The van der Waals surface area contributed by atoms with Gasteiger partial charge in [-0.05, 0) is 48.7 Å². The van der Waals surface area contributed by atoms with Gasteiger partial charge < -0.3 is 15.5 Å². The number of nitrogens with zero attached hydrogens (tertiary/aromatic N) is 1. The van der Waals surface area contributed by atoms with Crippen molar-refractivity contribution in [3.8, 4) is 0 Å². The van der Waals surface area contributed by atoms with Gasteiger partial charge >= 0.3 is 0 Å². The molecule has 0 spiro atoms. The van der Waals surface area contributed by atoms with Gasteiger partial charge in [-0.1, -0.05) is 34.1 Å². The lowest BCUT2D eigenvalue weighted by atomic mass is 10.1. The number of fused-ring (bicyclic) bond motifs is 2. The van der Waals surface area contributed by atoms with Crippen LogP contribution in [0.2, 0.25) is 0 Å². The van der Waals surface area contributed by atoms with Gasteiger partial charge in [-0.3, -0.25) is 14.4 Å². The molecule has 2 aliphatic heterocycles. The van der Waals surface area contributed by atoms with Gasteiger partial charge in [0.2, 0.25) is 11.8 Å². The summed E-state index contributed by atoms with van der Waals surface area (Å²) in [5.41, 5.74) is 1.96. The highest BCUT2D eigenvalue weighted by Crippen LogP contribution is 2.29. The average Bonchev–Trinajstić information content (AvgIpc) is 3.02. The van der Waals surface area contributed by atoms with Crippen molar-refractivity contribution in [2.24, 2.45) is 0 Å². The first-order valence-electron chi connectivity index (χ1n) is 9.26. The molecule has 2 aromatic carbocycles. The van der Waals surface area contributed by atoms with Gasteiger partial charge in [0.15, 0.2) is 0 Å². The first-order valence-corrected chi connectivity index (χ1v) is 10.1. The lowest BCUT2D eigenvalue weighted by molar-refractivity contribution is -0.127. The molecule has 2 bridgehead atoms. The van der Waals surface area contributed by atoms with Gasteiger partial charge in [-0.2, -0.15) is 0 Å². The summed E-state index contributed by atoms with van der Waals surface area (Å²) in [6.45, 7) is 0.505. The lowest BCUT2D eigenvalue weighted by Crippen LogP contribution is -2.57. The maximum absolute atomic E-state index is 13.0. The molecule has 2 heterocycles. The van der Waals surface area contributed by atoms with Crippen LogP contribution in [-0.4, -0.2) is 41.2 Å². The van der Waals surface area contributed by atoms with E-state index in [-0.39, 0.29) is 36.2 Å². The largest absolute Gasteiger partial charge is 0.352 e. The molecule has 144 valence electrons. The van der Waals surface area contributed by atoms with Crippen molar-refractivity contribution in [1.82, 2.24) is 10.2 Å². The molecule has 0 saturated carbocycles. The third-order valence-corrected chi connectivity index (χ3v) is 5.75. The van der Waals surface area contributed by atoms with E-state index in [1.807, 2.05) is 24.3 Å². The van der Waals surface area contributed by atoms with Crippen LogP contribution >= 0.6 is 15.9 Å². The number of halogens is 1. The molecule has 6 nitrogen and oxygen atoms in total. The molecule has 2 saturated heterocycles. The molecule has 2 aliphatic rings. The van der Waals surface area contributed by atoms with Gasteiger partial charge in [-0.25, -0.2) is 0 Å². The van der Waals surface area contributed by atoms with E-state index in [1.165, 1.54) is 0 Å². The summed E-state index contributed by atoms with van der Waals surface area (Å²) in [4.78, 5) is 39.1. The normalized spacial score (nSPS) is 20.6. The second-order valence-electron chi connectivity index (χ2n) is 7.14. The molecule has 2 atom stereocenters. The predicted octanol–water partition coefficient (Wildman–Crippen LogP) is 2.73. The first kappa shape index (κ1) is 18.7. The fraction of sp³-hybridized carbons (Fsp3) is 0.286. The molecular weight excluding hydrogens is 422 g/mol. The smallest absolute Gasteiger partial charge is 0.254 e. The van der Waals surface area contributed by atoms with Crippen molar-refractivity contribution < 1.29 is 14.4 Å². The summed E-state index contributed by atoms with van der Waals surface area (Å²) in [5.74, 6) is -0.392. The maximum atomic E-state index is 13.0. The van der Waals surface area contributed by atoms with Crippen molar-refractivity contribution in [3.63, 3.8) is 0 Å². The Balaban J connectivity index is 1.45. The highest BCUT2D eigenvalue weighted by molar-refractivity contribution is 9.10. The van der Waals surface area contributed by atoms with Gasteiger partial charge in [-0.15, -0.1) is 0 Å². The quantitative estimate of drug-likeness (QED) is 0.765. The summed E-state index contributed by atoms with van der Waals surface area (Å²) in [6.07, 6.45) is 1.78. The zero-order chi connectivity index (χ0) is 19.7. The summed E-state index contributed by atoms with van der Waals surface area (Å²) >= 11 is 3.37. The number of rotatable bonds is 4. The van der Waals surface area contributed by atoms with E-state index in [9.17, 15) is 14.4 Å². The summed E-state index contributed by atoms with van der Waals surface area (Å²) in [6, 6.07) is 14.1. The first-order chi connectivity index (χ1) is 13.5. The predicted molar refractivity (Wildman–Crippen MR) is 109 cm³/mol. The second-order valence-corrected chi connectivity index (χ2v) is 8.05. The Morgan fingerprint density at radius 1 is 1.14 bits per heavy atom. The summed E-state index contributed by atoms with van der Waals surface area (Å²) in [5, 5.41) is 5.70. The van der Waals surface area contributed by atoms with Crippen LogP contribution < -0.4 is 10.6 Å². The van der Waals surface area contributed by atoms with Crippen LogP contribution in [-0.2, 0) is 16.0 Å². The van der Waals surface area contributed by atoms with Crippen LogP contribution in [0.4, 0.5) is 5.69 Å². The topological polar surface area (TPSA) is 78.5 Å². The van der Waals surface area contributed by atoms with Crippen molar-refractivity contribution in [2.75, 3.05) is 11.9 Å². The van der Waals surface area contributed by atoms with Gasteiger partial charge in [0.1, 0.15) is 6.04 Å². The van der Waals surface area contributed by atoms with Crippen molar-refractivity contribution >= 4 is 39.3 Å². The Morgan fingerprint density at radius 2 is 1.93 bits per heavy atom. The standard InChI is InChI=1S/C21H20BrN3O3/c22-15-6-4-13(5-7-15)10-19(26)24-16-3-1-2-14(11-16)21(28)25-17-8-9-18(25)20(27)23-12-17/h1-7,11,17-18H,8-10,12H2,(H,23,27)(H,24,26). The van der Waals surface area contributed by atoms with Crippen LogP contribution in [0.1, 0.15) is 28.8 Å². The Kier molecular flexibility index (Phi) is 5.17. The molecule has 0 radical (unpaired) electrons. The van der Waals surface area contributed by atoms with Crippen LogP contribution in [0.3, 0.4) is 0 Å². The minimum Gasteiger partial charge on any atom is -0.352 e. The molecule has 2 aromatic rings. The lowest BCUT2D eigenvalue weighted by Gasteiger charge is -2.34. The van der Waals surface area contributed by atoms with Crippen molar-refractivity contribution in [3.05, 3.63) is 64.1 Å². The molecule has 2 N–H and O–H groups in total. The van der Waals surface area contributed by atoms with Crippen LogP contribution in [0, 0.1) is 0 Å². The van der Waals surface area contributed by atoms with Gasteiger partial charge in [0.05, 0.1) is 12.5 Å². The van der Waals surface area contributed by atoms with Crippen molar-refractivity contribution in [1.29, 1.82) is 0 Å². The maximum Gasteiger partial charge on any atom is 0.254 e. The number of anilines is 1. The highest BCUT2D eigenvalue weighted by Gasteiger charge is 2.44. The van der Waals surface area contributed by atoms with Gasteiger partial charge in [0.25, 0.3) is 5.91 Å². The minimum absolute atomic E-state index is 0.0471. The number of carbonyl (C=O) groups excluding carboxylic acids is 3. The van der Waals surface area contributed by atoms with Crippen LogP contribution in [0.25, 0.3) is 0 Å². The van der Waals surface area contributed by atoms with E-state index in [0.717, 1.165) is 16.5 Å². The third kappa shape index (κ3) is 3.80. The molecule has 28 heavy (non-hydrogen) atoms. The van der Waals surface area contributed by atoms with E-state index in [1.54, 1.807) is 29.2 Å². The SMILES string of the molecule is O=C(Cc1ccc(Br)cc1)Nc1cccc(C(=O)N2C3CCC2C(=O)NC3)c1. The number of benzene rings is 2. The molecule has 4 rings (SSSR count). The number of amides is 3. The van der Waals surface area contributed by atoms with Crippen LogP contribution in [0.5, 0.6) is 0 Å². The fourth-order valence-corrected chi connectivity index (χ4v) is 4.12. The molecule has 3 amide bonds. The molecule has 7 heteroatoms. The number of hydrogen-bond donors (Lipinski definition) is 2. The third-order valence-electron chi connectivity index (χ3n) is 5.22. The zero-order valence-corrected chi connectivity index (χ0v) is 16.7. The fourth-order valence-electron chi connectivity index (χ4n) is 3.86. The Bertz CT molecular complexity index is 929. The molecule has 0 aromatic heterocycles. The molecule has 0 aliphatic carbocycles. The zero-order valence-electron chi connectivity index (χ0n) is 15.2. The minimum atomic E-state index is -0.387. The van der Waals surface area contributed by atoms with E-state index < -0.39 is 0 Å². The van der Waals surface area contributed by atoms with E-state index in [4.69, 9.17) is 0 Å². The second kappa shape index (κ2) is 7.75. The Hall–Kier alpha value is -2.67. The van der Waals surface area contributed by atoms with E-state index in [0.29, 0.717) is 24.2 Å². The number of hydrogen-bond acceptors (Lipinski definition) is 3.